The van der Waals surface area contributed by atoms with Crippen LogP contribution < -0.4 is 10.6 Å². The summed E-state index contributed by atoms with van der Waals surface area (Å²) < 4.78 is 38.0. The Morgan fingerprint density at radius 2 is 2.00 bits per heavy atom. The maximum absolute atomic E-state index is 12.7. The van der Waals surface area contributed by atoms with E-state index in [-0.39, 0.29) is 12.2 Å². The van der Waals surface area contributed by atoms with Gasteiger partial charge < -0.3 is 15.5 Å². The Bertz CT molecular complexity index is 492. The maximum atomic E-state index is 12.7. The molecule has 0 aliphatic rings. The van der Waals surface area contributed by atoms with E-state index in [2.05, 4.69) is 10.6 Å². The molecule has 0 aliphatic carbocycles. The molecule has 0 saturated heterocycles. The van der Waals surface area contributed by atoms with Crippen LogP contribution in [0.2, 0.25) is 5.02 Å². The Morgan fingerprint density at radius 1 is 1.33 bits per heavy atom. The highest BCUT2D eigenvalue weighted by molar-refractivity contribution is 6.31. The predicted octanol–water partition coefficient (Wildman–Crippen LogP) is 2.45. The van der Waals surface area contributed by atoms with E-state index in [4.69, 9.17) is 11.6 Å². The molecule has 1 amide bonds. The zero-order valence-electron chi connectivity index (χ0n) is 11.7. The fourth-order valence-electron chi connectivity index (χ4n) is 1.53. The summed E-state index contributed by atoms with van der Waals surface area (Å²) in [5.41, 5.74) is -0.909. The third-order valence-corrected chi connectivity index (χ3v) is 2.91. The van der Waals surface area contributed by atoms with Gasteiger partial charge in [-0.05, 0) is 32.3 Å². The van der Waals surface area contributed by atoms with Crippen LogP contribution in [0.5, 0.6) is 0 Å². The lowest BCUT2D eigenvalue weighted by atomic mass is 10.2. The number of nitrogens with one attached hydrogen (secondary N) is 2. The third-order valence-electron chi connectivity index (χ3n) is 2.58. The first-order valence-corrected chi connectivity index (χ1v) is 6.60. The Labute approximate surface area is 126 Å². The number of rotatable bonds is 6. The van der Waals surface area contributed by atoms with Crippen LogP contribution in [-0.4, -0.2) is 44.5 Å². The second-order valence-corrected chi connectivity index (χ2v) is 5.13. The summed E-state index contributed by atoms with van der Waals surface area (Å²) in [5.74, 6) is -0.413. The van der Waals surface area contributed by atoms with E-state index in [1.807, 2.05) is 19.0 Å². The average Bonchev–Trinajstić information content (AvgIpc) is 2.35. The second-order valence-electron chi connectivity index (χ2n) is 4.72. The van der Waals surface area contributed by atoms with Crippen LogP contribution in [0.1, 0.15) is 5.56 Å². The van der Waals surface area contributed by atoms with Crippen LogP contribution >= 0.6 is 11.6 Å². The molecule has 1 rings (SSSR count). The summed E-state index contributed by atoms with van der Waals surface area (Å²) in [4.78, 5) is 13.5. The minimum absolute atomic E-state index is 0.0256. The van der Waals surface area contributed by atoms with Gasteiger partial charge in [0.25, 0.3) is 0 Å². The number of nitrogens with zero attached hydrogens (tertiary/aromatic N) is 1. The van der Waals surface area contributed by atoms with Gasteiger partial charge >= 0.3 is 6.18 Å². The topological polar surface area (TPSA) is 44.4 Å². The Morgan fingerprint density at radius 3 is 2.57 bits per heavy atom. The number of carbonyl (C=O) groups excluding carboxylic acids is 1. The average molecular weight is 324 g/mol. The number of likely N-dealkylation sites (N-methyl/N-ethyl adjacent to an activating group) is 1. The molecule has 1 aromatic carbocycles. The number of amides is 1. The standard InChI is InChI=1S/C13H17ClF3N3O/c1-20(2)6-5-18-8-12(21)19-9-3-4-11(14)10(7-9)13(15,16)17/h3-4,7,18H,5-6,8H2,1-2H3,(H,19,21). The van der Waals surface area contributed by atoms with Crippen molar-refractivity contribution in [3.05, 3.63) is 28.8 Å². The number of halogens is 4. The fourth-order valence-corrected chi connectivity index (χ4v) is 1.75. The lowest BCUT2D eigenvalue weighted by molar-refractivity contribution is -0.137. The molecule has 118 valence electrons. The molecule has 0 fully saturated rings. The number of benzene rings is 1. The summed E-state index contributed by atoms with van der Waals surface area (Å²) in [6.07, 6.45) is -4.55. The van der Waals surface area contributed by atoms with Crippen molar-refractivity contribution in [2.45, 2.75) is 6.18 Å². The van der Waals surface area contributed by atoms with Crippen LogP contribution in [0.4, 0.5) is 18.9 Å². The van der Waals surface area contributed by atoms with Gasteiger partial charge in [0.05, 0.1) is 17.1 Å². The first kappa shape index (κ1) is 17.7. The van der Waals surface area contributed by atoms with Crippen molar-refractivity contribution in [1.82, 2.24) is 10.2 Å². The van der Waals surface area contributed by atoms with Gasteiger partial charge in [0.1, 0.15) is 0 Å². The Kier molecular flexibility index (Phi) is 6.44. The van der Waals surface area contributed by atoms with Crippen molar-refractivity contribution in [2.75, 3.05) is 39.0 Å². The minimum atomic E-state index is -4.55. The van der Waals surface area contributed by atoms with Gasteiger partial charge in [-0.15, -0.1) is 0 Å². The molecule has 0 aliphatic heterocycles. The van der Waals surface area contributed by atoms with Crippen molar-refractivity contribution in [3.8, 4) is 0 Å². The third kappa shape index (κ3) is 6.33. The molecule has 2 N–H and O–H groups in total. The van der Waals surface area contributed by atoms with Crippen molar-refractivity contribution >= 4 is 23.2 Å². The Balaban J connectivity index is 2.57. The normalized spacial score (nSPS) is 11.8. The molecule has 1 aromatic rings. The number of hydrogen-bond acceptors (Lipinski definition) is 3. The molecule has 0 aromatic heterocycles. The van der Waals surface area contributed by atoms with E-state index < -0.39 is 22.7 Å². The molecule has 8 heteroatoms. The second kappa shape index (κ2) is 7.63. The number of anilines is 1. The molecule has 0 radical (unpaired) electrons. The highest BCUT2D eigenvalue weighted by atomic mass is 35.5. The minimum Gasteiger partial charge on any atom is -0.325 e. The molecule has 0 bridgehead atoms. The van der Waals surface area contributed by atoms with Gasteiger partial charge in [0.15, 0.2) is 0 Å². The molecule has 0 atom stereocenters. The summed E-state index contributed by atoms with van der Waals surface area (Å²) in [7, 11) is 3.79. The van der Waals surface area contributed by atoms with Crippen LogP contribution in [0, 0.1) is 0 Å². The smallest absolute Gasteiger partial charge is 0.325 e. The highest BCUT2D eigenvalue weighted by Crippen LogP contribution is 2.36. The summed E-state index contributed by atoms with van der Waals surface area (Å²) in [6.45, 7) is 1.39. The summed E-state index contributed by atoms with van der Waals surface area (Å²) in [6, 6.07) is 3.26. The van der Waals surface area contributed by atoms with E-state index in [1.54, 1.807) is 0 Å². The fraction of sp³-hybridized carbons (Fsp3) is 0.462. The zero-order chi connectivity index (χ0) is 16.0. The lowest BCUT2D eigenvalue weighted by Crippen LogP contribution is -2.33. The van der Waals surface area contributed by atoms with Crippen LogP contribution in [0.15, 0.2) is 18.2 Å². The van der Waals surface area contributed by atoms with Crippen molar-refractivity contribution in [2.24, 2.45) is 0 Å². The van der Waals surface area contributed by atoms with Crippen LogP contribution in [0.3, 0.4) is 0 Å². The van der Waals surface area contributed by atoms with E-state index in [9.17, 15) is 18.0 Å². The van der Waals surface area contributed by atoms with E-state index in [0.717, 1.165) is 18.7 Å². The number of hydrogen-bond donors (Lipinski definition) is 2. The van der Waals surface area contributed by atoms with E-state index >= 15 is 0 Å². The molecule has 21 heavy (non-hydrogen) atoms. The molecule has 0 spiro atoms. The lowest BCUT2D eigenvalue weighted by Gasteiger charge is -2.12. The maximum Gasteiger partial charge on any atom is 0.417 e. The quantitative estimate of drug-likeness (QED) is 0.790. The first-order chi connectivity index (χ1) is 9.70. The van der Waals surface area contributed by atoms with Gasteiger partial charge in [-0.3, -0.25) is 4.79 Å². The molecular weight excluding hydrogens is 307 g/mol. The molecule has 4 nitrogen and oxygen atoms in total. The van der Waals surface area contributed by atoms with E-state index in [0.29, 0.717) is 6.54 Å². The van der Waals surface area contributed by atoms with Gasteiger partial charge in [-0.25, -0.2) is 0 Å². The summed E-state index contributed by atoms with van der Waals surface area (Å²) in [5, 5.41) is 4.89. The first-order valence-electron chi connectivity index (χ1n) is 6.22. The van der Waals surface area contributed by atoms with Gasteiger partial charge in [0.2, 0.25) is 5.91 Å². The Hall–Kier alpha value is -1.31. The van der Waals surface area contributed by atoms with Crippen LogP contribution in [-0.2, 0) is 11.0 Å². The highest BCUT2D eigenvalue weighted by Gasteiger charge is 2.33. The van der Waals surface area contributed by atoms with Crippen LogP contribution in [0.25, 0.3) is 0 Å². The molecule has 0 heterocycles. The largest absolute Gasteiger partial charge is 0.417 e. The zero-order valence-corrected chi connectivity index (χ0v) is 12.5. The van der Waals surface area contributed by atoms with Gasteiger partial charge in [-0.2, -0.15) is 13.2 Å². The monoisotopic (exact) mass is 323 g/mol. The van der Waals surface area contributed by atoms with Crippen molar-refractivity contribution < 1.29 is 18.0 Å². The van der Waals surface area contributed by atoms with Crippen molar-refractivity contribution in [1.29, 1.82) is 0 Å². The number of alkyl halides is 3. The predicted molar refractivity (Wildman–Crippen MR) is 76.5 cm³/mol. The number of carbonyl (C=O) groups is 1. The molecule has 0 unspecified atom stereocenters. The SMILES string of the molecule is CN(C)CCNCC(=O)Nc1ccc(Cl)c(C(F)(F)F)c1. The van der Waals surface area contributed by atoms with Gasteiger partial charge in [0, 0.05) is 18.8 Å². The van der Waals surface area contributed by atoms with Crippen molar-refractivity contribution in [3.63, 3.8) is 0 Å². The van der Waals surface area contributed by atoms with Gasteiger partial charge in [-0.1, -0.05) is 11.6 Å². The van der Waals surface area contributed by atoms with E-state index in [1.165, 1.54) is 6.07 Å². The summed E-state index contributed by atoms with van der Waals surface area (Å²) >= 11 is 5.50. The molecule has 0 saturated carbocycles. The molecular formula is C13H17ClF3N3O.